The molecule has 2 heterocycles. The number of nitrogens with zero attached hydrogens (tertiary/aromatic N) is 1. The molecule has 1 aliphatic rings. The summed E-state index contributed by atoms with van der Waals surface area (Å²) in [6, 6.07) is 15.5. The Morgan fingerprint density at radius 2 is 1.65 bits per heavy atom. The van der Waals surface area contributed by atoms with Crippen LogP contribution in [0.25, 0.3) is 0 Å². The fourth-order valence-corrected chi connectivity index (χ4v) is 5.53. The molecule has 6 heteroatoms. The maximum Gasteiger partial charge on any atom is 0.247 e. The van der Waals surface area contributed by atoms with E-state index < -0.39 is 6.04 Å². The number of thiophene rings is 2. The summed E-state index contributed by atoms with van der Waals surface area (Å²) in [4.78, 5) is 30.9. The van der Waals surface area contributed by atoms with Crippen LogP contribution >= 0.6 is 22.7 Å². The van der Waals surface area contributed by atoms with Crippen LogP contribution in [0, 0.1) is 6.92 Å². The lowest BCUT2D eigenvalue weighted by molar-refractivity contribution is -0.141. The van der Waals surface area contributed by atoms with Gasteiger partial charge in [-0.1, -0.05) is 54.8 Å². The Balaban J connectivity index is 1.67. The SMILES string of the molecule is Cc1ccc([C@@H](C(=O)NC2CCCC2)N(Cc2cccs2)C(=O)Cc2cccs2)cc1. The largest absolute Gasteiger partial charge is 0.351 e. The Labute approximate surface area is 191 Å². The quantitative estimate of drug-likeness (QED) is 0.491. The molecule has 2 amide bonds. The van der Waals surface area contributed by atoms with E-state index in [2.05, 4.69) is 5.32 Å². The molecule has 0 spiro atoms. The molecule has 31 heavy (non-hydrogen) atoms. The highest BCUT2D eigenvalue weighted by molar-refractivity contribution is 7.10. The van der Waals surface area contributed by atoms with Crippen molar-refractivity contribution in [3.63, 3.8) is 0 Å². The Bertz CT molecular complexity index is 975. The molecule has 1 aromatic carbocycles. The van der Waals surface area contributed by atoms with Crippen molar-refractivity contribution in [1.82, 2.24) is 10.2 Å². The van der Waals surface area contributed by atoms with Gasteiger partial charge in [-0.2, -0.15) is 0 Å². The first-order chi connectivity index (χ1) is 15.1. The molecule has 3 aromatic rings. The number of hydrogen-bond donors (Lipinski definition) is 1. The van der Waals surface area contributed by atoms with E-state index >= 15 is 0 Å². The summed E-state index contributed by atoms with van der Waals surface area (Å²) in [5.74, 6) is -0.102. The third-order valence-electron chi connectivity index (χ3n) is 5.79. The third-order valence-corrected chi connectivity index (χ3v) is 7.52. The van der Waals surface area contributed by atoms with Crippen LogP contribution in [-0.4, -0.2) is 22.8 Å². The number of aryl methyl sites for hydroxylation is 1. The van der Waals surface area contributed by atoms with Gasteiger partial charge >= 0.3 is 0 Å². The normalized spacial score (nSPS) is 15.0. The van der Waals surface area contributed by atoms with E-state index in [9.17, 15) is 9.59 Å². The van der Waals surface area contributed by atoms with Gasteiger partial charge in [0.15, 0.2) is 0 Å². The zero-order valence-corrected chi connectivity index (χ0v) is 19.4. The smallest absolute Gasteiger partial charge is 0.247 e. The highest BCUT2D eigenvalue weighted by Gasteiger charge is 2.33. The predicted octanol–water partition coefficient (Wildman–Crippen LogP) is 5.49. The zero-order valence-electron chi connectivity index (χ0n) is 17.8. The second-order valence-electron chi connectivity index (χ2n) is 8.16. The van der Waals surface area contributed by atoms with Crippen molar-refractivity contribution >= 4 is 34.5 Å². The lowest BCUT2D eigenvalue weighted by atomic mass is 10.0. The molecule has 0 radical (unpaired) electrons. The molecule has 0 aliphatic heterocycles. The number of carbonyl (C=O) groups excluding carboxylic acids is 2. The van der Waals surface area contributed by atoms with Gasteiger partial charge in [-0.05, 0) is 48.2 Å². The third kappa shape index (κ3) is 5.63. The second-order valence-corrected chi connectivity index (χ2v) is 10.2. The summed E-state index contributed by atoms with van der Waals surface area (Å²) in [6.45, 7) is 2.46. The van der Waals surface area contributed by atoms with E-state index in [0.717, 1.165) is 46.6 Å². The maximum atomic E-state index is 13.6. The van der Waals surface area contributed by atoms with Crippen LogP contribution in [0.4, 0.5) is 0 Å². The predicted molar refractivity (Wildman–Crippen MR) is 127 cm³/mol. The van der Waals surface area contributed by atoms with E-state index in [-0.39, 0.29) is 17.9 Å². The van der Waals surface area contributed by atoms with Gasteiger partial charge in [0, 0.05) is 15.8 Å². The number of nitrogens with one attached hydrogen (secondary N) is 1. The van der Waals surface area contributed by atoms with E-state index in [0.29, 0.717) is 13.0 Å². The molecule has 0 saturated heterocycles. The highest BCUT2D eigenvalue weighted by Crippen LogP contribution is 2.28. The molecule has 162 valence electrons. The Hall–Kier alpha value is -2.44. The van der Waals surface area contributed by atoms with Crippen LogP contribution in [0.15, 0.2) is 59.3 Å². The standard InChI is InChI=1S/C25H28N2O2S2/c1-18-10-12-19(13-11-18)24(25(29)26-20-6-2-3-7-20)27(17-22-9-5-15-31-22)23(28)16-21-8-4-14-30-21/h4-5,8-15,20,24H,2-3,6-7,16-17H2,1H3,(H,26,29)/t24-/m0/s1. The van der Waals surface area contributed by atoms with Crippen molar-refractivity contribution in [3.05, 3.63) is 80.2 Å². The summed E-state index contributed by atoms with van der Waals surface area (Å²) < 4.78 is 0. The monoisotopic (exact) mass is 452 g/mol. The Morgan fingerprint density at radius 1 is 1.00 bits per heavy atom. The van der Waals surface area contributed by atoms with Gasteiger partial charge < -0.3 is 10.2 Å². The van der Waals surface area contributed by atoms with Gasteiger partial charge in [0.25, 0.3) is 0 Å². The summed E-state index contributed by atoms with van der Waals surface area (Å²) in [5.41, 5.74) is 1.99. The number of rotatable bonds is 8. The van der Waals surface area contributed by atoms with E-state index in [1.54, 1.807) is 27.6 Å². The molecule has 0 bridgehead atoms. The molecule has 1 aliphatic carbocycles. The Morgan fingerprint density at radius 3 is 2.26 bits per heavy atom. The van der Waals surface area contributed by atoms with Gasteiger partial charge in [-0.25, -0.2) is 0 Å². The van der Waals surface area contributed by atoms with Crippen molar-refractivity contribution in [3.8, 4) is 0 Å². The fourth-order valence-electron chi connectivity index (χ4n) is 4.13. The van der Waals surface area contributed by atoms with E-state index in [4.69, 9.17) is 0 Å². The van der Waals surface area contributed by atoms with Crippen LogP contribution in [0.3, 0.4) is 0 Å². The molecule has 0 unspecified atom stereocenters. The zero-order chi connectivity index (χ0) is 21.6. The van der Waals surface area contributed by atoms with Crippen molar-refractivity contribution in [2.75, 3.05) is 0 Å². The molecular formula is C25H28N2O2S2. The van der Waals surface area contributed by atoms with Crippen molar-refractivity contribution < 1.29 is 9.59 Å². The van der Waals surface area contributed by atoms with Gasteiger partial charge in [0.1, 0.15) is 6.04 Å². The van der Waals surface area contributed by atoms with E-state index in [1.165, 1.54) is 0 Å². The van der Waals surface area contributed by atoms with Crippen LogP contribution < -0.4 is 5.32 Å². The van der Waals surface area contributed by atoms with Crippen molar-refractivity contribution in [1.29, 1.82) is 0 Å². The van der Waals surface area contributed by atoms with Gasteiger partial charge in [-0.15, -0.1) is 22.7 Å². The summed E-state index contributed by atoms with van der Waals surface area (Å²) >= 11 is 3.19. The maximum absolute atomic E-state index is 13.6. The first kappa shape index (κ1) is 21.8. The molecule has 1 atom stereocenters. The van der Waals surface area contributed by atoms with Crippen molar-refractivity contribution in [2.24, 2.45) is 0 Å². The van der Waals surface area contributed by atoms with Crippen LogP contribution in [-0.2, 0) is 22.6 Å². The number of hydrogen-bond acceptors (Lipinski definition) is 4. The second kappa shape index (κ2) is 10.2. The molecule has 2 aromatic heterocycles. The first-order valence-corrected chi connectivity index (χ1v) is 12.6. The number of benzene rings is 1. The molecule has 1 saturated carbocycles. The Kier molecular flexibility index (Phi) is 7.20. The topological polar surface area (TPSA) is 49.4 Å². The average Bonchev–Trinajstić information content (AvgIpc) is 3.53. The van der Waals surface area contributed by atoms with E-state index in [1.807, 2.05) is 66.2 Å². The van der Waals surface area contributed by atoms with Crippen LogP contribution in [0.2, 0.25) is 0 Å². The highest BCUT2D eigenvalue weighted by atomic mass is 32.1. The van der Waals surface area contributed by atoms with Gasteiger partial charge in [0.05, 0.1) is 13.0 Å². The molecule has 1 fully saturated rings. The number of amides is 2. The van der Waals surface area contributed by atoms with Crippen LogP contribution in [0.5, 0.6) is 0 Å². The van der Waals surface area contributed by atoms with Gasteiger partial charge in [0.2, 0.25) is 11.8 Å². The lowest BCUT2D eigenvalue weighted by Crippen LogP contribution is -2.46. The van der Waals surface area contributed by atoms with Gasteiger partial charge in [-0.3, -0.25) is 9.59 Å². The van der Waals surface area contributed by atoms with Crippen LogP contribution in [0.1, 0.15) is 52.6 Å². The molecular weight excluding hydrogens is 424 g/mol. The minimum absolute atomic E-state index is 0.0250. The lowest BCUT2D eigenvalue weighted by Gasteiger charge is -2.32. The number of carbonyl (C=O) groups is 2. The minimum atomic E-state index is -0.643. The van der Waals surface area contributed by atoms with Crippen molar-refractivity contribution in [2.45, 2.75) is 57.7 Å². The molecule has 4 rings (SSSR count). The first-order valence-electron chi connectivity index (χ1n) is 10.8. The minimum Gasteiger partial charge on any atom is -0.351 e. The summed E-state index contributed by atoms with van der Waals surface area (Å²) in [6.07, 6.45) is 4.63. The summed E-state index contributed by atoms with van der Waals surface area (Å²) in [7, 11) is 0. The fraction of sp³-hybridized carbons (Fsp3) is 0.360. The summed E-state index contributed by atoms with van der Waals surface area (Å²) in [5, 5.41) is 7.23. The molecule has 4 nitrogen and oxygen atoms in total. The average molecular weight is 453 g/mol. The molecule has 1 N–H and O–H groups in total.